The average molecular weight is 1130 g/mol. The van der Waals surface area contributed by atoms with Crippen LogP contribution in [0.1, 0.15) is 78.7 Å². The Morgan fingerprint density at radius 2 is 1.08 bits per heavy atom. The van der Waals surface area contributed by atoms with Crippen LogP contribution in [0.5, 0.6) is 0 Å². The van der Waals surface area contributed by atoms with Gasteiger partial charge in [-0.2, -0.15) is 19.2 Å². The second kappa shape index (κ2) is 22.9. The van der Waals surface area contributed by atoms with Gasteiger partial charge in [-0.15, -0.1) is 0 Å². The minimum Gasteiger partial charge on any atom is -0.383 e. The molecule has 2 fully saturated rings. The second-order valence-electron chi connectivity index (χ2n) is 23.3. The first kappa shape index (κ1) is 56.5. The first-order valence-corrected chi connectivity index (χ1v) is 37.8. The third-order valence-corrected chi connectivity index (χ3v) is 21.5. The van der Waals surface area contributed by atoms with Gasteiger partial charge in [-0.25, -0.2) is 26.8 Å². The number of ketones is 1. The average Bonchev–Trinajstić information content (AvgIpc) is 4.09. The summed E-state index contributed by atoms with van der Waals surface area (Å²) in [4.78, 5) is 33.9. The van der Waals surface area contributed by atoms with Crippen LogP contribution in [0.3, 0.4) is 0 Å². The Morgan fingerprint density at radius 1 is 0.654 bits per heavy atom. The van der Waals surface area contributed by atoms with Gasteiger partial charge in [0.05, 0.1) is 63.4 Å². The van der Waals surface area contributed by atoms with Crippen LogP contribution < -0.4 is 10.6 Å². The highest BCUT2D eigenvalue weighted by molar-refractivity contribution is 7.91. The van der Waals surface area contributed by atoms with E-state index in [1.165, 1.54) is 11.4 Å². The normalized spacial score (nSPS) is 16.2. The third-order valence-electron chi connectivity index (χ3n) is 14.6. The molecule has 2 saturated heterocycles. The molecule has 0 aliphatic carbocycles. The molecule has 412 valence electrons. The van der Waals surface area contributed by atoms with Gasteiger partial charge >= 0.3 is 0 Å². The molecule has 0 amide bonds. The first-order valence-electron chi connectivity index (χ1n) is 26.7. The predicted octanol–water partition coefficient (Wildman–Crippen LogP) is 10.7. The number of rotatable bonds is 17. The molecule has 2 aliphatic rings. The third kappa shape index (κ3) is 12.9. The molecule has 6 aromatic heterocycles. The summed E-state index contributed by atoms with van der Waals surface area (Å²) in [5.41, 5.74) is 16.3. The zero-order valence-corrected chi connectivity index (χ0v) is 49.8. The summed E-state index contributed by atoms with van der Waals surface area (Å²) < 4.78 is 64.9. The van der Waals surface area contributed by atoms with Crippen LogP contribution >= 0.6 is 0 Å². The van der Waals surface area contributed by atoms with Crippen LogP contribution in [-0.4, -0.2) is 128 Å². The lowest BCUT2D eigenvalue weighted by Gasteiger charge is -2.31. The number of hydrogen-bond acceptors (Lipinski definition) is 15. The number of Topliss-reactive ketones (excluding diaryl/α,β-unsaturated/α-hetero) is 1. The maximum Gasteiger partial charge on any atom is 0.165 e. The molecule has 2 N–H and O–H groups in total. The minimum atomic E-state index is -3.06. The molecule has 8 aromatic rings. The van der Waals surface area contributed by atoms with Crippen LogP contribution in [-0.2, 0) is 29.1 Å². The smallest absolute Gasteiger partial charge is 0.165 e. The van der Waals surface area contributed by atoms with Crippen molar-refractivity contribution in [3.8, 4) is 22.3 Å². The van der Waals surface area contributed by atoms with Crippen LogP contribution in [0, 0.1) is 0 Å². The molecule has 17 nitrogen and oxygen atoms in total. The number of aromatic nitrogens is 8. The van der Waals surface area contributed by atoms with Crippen LogP contribution in [0.15, 0.2) is 92.0 Å². The van der Waals surface area contributed by atoms with E-state index in [2.05, 4.69) is 73.0 Å². The predicted molar refractivity (Wildman–Crippen MR) is 318 cm³/mol. The van der Waals surface area contributed by atoms with Crippen molar-refractivity contribution in [2.45, 2.75) is 103 Å². The zero-order valence-electron chi connectivity index (χ0n) is 46.1. The fraction of sp³-hybridized carbons (Fsp3) is 0.421. The molecule has 8 heterocycles. The maximum absolute atomic E-state index is 12.5. The van der Waals surface area contributed by atoms with Crippen molar-refractivity contribution in [2.75, 3.05) is 60.3 Å². The Kier molecular flexibility index (Phi) is 16.5. The molecule has 0 unspecified atom stereocenters. The number of nitrogens with two attached hydrogens (primary N) is 1. The highest BCUT2D eigenvalue weighted by Gasteiger charge is 2.34. The van der Waals surface area contributed by atoms with E-state index in [1.807, 2.05) is 72.4 Å². The summed E-state index contributed by atoms with van der Waals surface area (Å²) >= 11 is 0. The maximum atomic E-state index is 12.5. The van der Waals surface area contributed by atoms with E-state index in [-0.39, 0.29) is 46.4 Å². The van der Waals surface area contributed by atoms with E-state index in [4.69, 9.17) is 35.3 Å². The number of carbonyl (C=O) groups is 1. The highest BCUT2D eigenvalue weighted by Crippen LogP contribution is 2.41. The van der Waals surface area contributed by atoms with Crippen molar-refractivity contribution in [2.24, 2.45) is 0 Å². The Labute approximate surface area is 459 Å². The van der Waals surface area contributed by atoms with Crippen molar-refractivity contribution < 1.29 is 31.1 Å². The van der Waals surface area contributed by atoms with Gasteiger partial charge in [0.1, 0.15) is 44.8 Å². The molecule has 0 spiro atoms. The van der Waals surface area contributed by atoms with Crippen LogP contribution in [0.2, 0.25) is 51.4 Å². The summed E-state index contributed by atoms with van der Waals surface area (Å²) in [6.45, 7) is 23.9. The number of para-hydroxylation sites is 2. The fourth-order valence-electron chi connectivity index (χ4n) is 10.1. The number of nitrogens with zero attached hydrogens (tertiary/aromatic N) is 9. The molecule has 0 atom stereocenters. The second-order valence-corrected chi connectivity index (χ2v) is 39.1. The van der Waals surface area contributed by atoms with Gasteiger partial charge in [0.15, 0.2) is 17.1 Å². The molecule has 10 rings (SSSR count). The number of anilines is 2. The minimum absolute atomic E-state index is 0.0334. The fourth-order valence-corrected chi connectivity index (χ4v) is 14.6. The number of nitrogen functional groups attached to an aromatic ring is 1. The van der Waals surface area contributed by atoms with Crippen molar-refractivity contribution in [1.29, 1.82) is 0 Å². The van der Waals surface area contributed by atoms with Gasteiger partial charge in [-0.05, 0) is 81.5 Å². The Bertz CT molecular complexity index is 3750. The van der Waals surface area contributed by atoms with Gasteiger partial charge in [-0.3, -0.25) is 14.8 Å². The molecular weight excluding hydrogens is 1060 g/mol. The van der Waals surface area contributed by atoms with E-state index < -0.39 is 35.8 Å². The number of ether oxygens (including phenoxy) is 2. The number of hydrogen-bond donors (Lipinski definition) is 1. The van der Waals surface area contributed by atoms with Crippen molar-refractivity contribution >= 4 is 91.9 Å². The molecule has 78 heavy (non-hydrogen) atoms. The lowest BCUT2D eigenvalue weighted by molar-refractivity contribution is 0.0941. The number of carbonyl (C=O) groups excluding carboxylic acids is 1. The summed E-state index contributed by atoms with van der Waals surface area (Å²) in [6, 6.07) is 22.1. The lowest BCUT2D eigenvalue weighted by Crippen LogP contribution is -2.34. The number of pyridine rings is 2. The summed E-state index contributed by atoms with van der Waals surface area (Å²) in [5, 5.41) is 11.3. The lowest BCUT2D eigenvalue weighted by atomic mass is 9.92. The van der Waals surface area contributed by atoms with Crippen LogP contribution in [0.4, 0.5) is 11.6 Å². The summed E-state index contributed by atoms with van der Waals surface area (Å²) in [6.07, 6.45) is 9.05. The number of sulfone groups is 2. The monoisotopic (exact) mass is 1130 g/mol. The number of fused-ring (bicyclic) bond motifs is 4. The topological polar surface area (TPSA) is 219 Å². The summed E-state index contributed by atoms with van der Waals surface area (Å²) in [7, 11) is -8.70. The van der Waals surface area contributed by atoms with Gasteiger partial charge < -0.3 is 20.1 Å². The van der Waals surface area contributed by atoms with Crippen molar-refractivity contribution in [3.05, 3.63) is 115 Å². The highest BCUT2D eigenvalue weighted by atomic mass is 32.2. The quantitative estimate of drug-likeness (QED) is 0.0388. The molecular formula is C57H72N10O7S2Si2. The molecule has 21 heteroatoms. The Morgan fingerprint density at radius 3 is 1.51 bits per heavy atom. The number of benzene rings is 2. The van der Waals surface area contributed by atoms with E-state index in [9.17, 15) is 21.6 Å². The van der Waals surface area contributed by atoms with E-state index in [0.717, 1.165) is 78.8 Å². The molecule has 2 aliphatic heterocycles. The van der Waals surface area contributed by atoms with Gasteiger partial charge in [0, 0.05) is 92.2 Å². The zero-order chi connectivity index (χ0) is 55.7. The first-order chi connectivity index (χ1) is 37.0. The standard InChI is InChI=1S/C35H51N5O4SSi2.C22H21N5O3S/c1-26(2)32-33(27-13-17-45(41,42)18-14-27)38-34-30(29-21-28-11-9-10-12-31(28)36-22-29)23-37-40(34)35(32)39(24-43-15-19-46(3,4)5)25-44-16-20-47(6,7)8;1-13(28)19-20(14-6-8-31(29,30)9-7-14)26-22-17(12-25-27(22)21(19)23)16-10-15-4-2-3-5-18(15)24-11-16/h9-12,21-23,27H,1,13-20,24-25H2,2-8H3;2-5,10-12,14H,6-9,23H2,1H3. The van der Waals surface area contributed by atoms with Crippen molar-refractivity contribution in [1.82, 2.24) is 39.2 Å². The van der Waals surface area contributed by atoms with Crippen LogP contribution in [0.25, 0.3) is 60.9 Å². The van der Waals surface area contributed by atoms with E-state index >= 15 is 0 Å². The van der Waals surface area contributed by atoms with Gasteiger partial charge in [-0.1, -0.05) is 82.3 Å². The van der Waals surface area contributed by atoms with Crippen molar-refractivity contribution in [3.63, 3.8) is 0 Å². The Balaban J connectivity index is 0.000000206. The van der Waals surface area contributed by atoms with E-state index in [0.29, 0.717) is 74.9 Å². The van der Waals surface area contributed by atoms with E-state index in [1.54, 1.807) is 12.4 Å². The SMILES string of the molecule is C=C(C)c1c(C2CCS(=O)(=O)CC2)nc2c(-c3cnc4ccccc4c3)cnn2c1N(COCC[Si](C)(C)C)COCC[Si](C)(C)C.CC(=O)c1c(C2CCS(=O)(=O)CC2)nc2c(-c3cnc4ccccc4c3)cnn2c1N. The van der Waals surface area contributed by atoms with Gasteiger partial charge in [0.2, 0.25) is 0 Å². The molecule has 2 aromatic carbocycles. The molecule has 0 bridgehead atoms. The molecule has 0 radical (unpaired) electrons. The number of allylic oxidation sites excluding steroid dienone is 1. The largest absolute Gasteiger partial charge is 0.383 e. The van der Waals surface area contributed by atoms with Gasteiger partial charge in [0.25, 0.3) is 0 Å². The summed E-state index contributed by atoms with van der Waals surface area (Å²) in [5.74, 6) is 1.12. The Hall–Kier alpha value is -6.24. The molecule has 0 saturated carbocycles.